The van der Waals surface area contributed by atoms with Crippen LogP contribution < -0.4 is 4.72 Å². The van der Waals surface area contributed by atoms with E-state index in [0.717, 1.165) is 11.4 Å². The summed E-state index contributed by atoms with van der Waals surface area (Å²) in [6, 6.07) is -0.325. The summed E-state index contributed by atoms with van der Waals surface area (Å²) in [6.45, 7) is 3.08. The van der Waals surface area contributed by atoms with Gasteiger partial charge in [-0.05, 0) is 24.4 Å². The van der Waals surface area contributed by atoms with Crippen molar-refractivity contribution in [3.05, 3.63) is 10.5 Å². The number of dihydropyridines is 1. The average molecular weight is 212 g/mol. The van der Waals surface area contributed by atoms with Gasteiger partial charge in [-0.2, -0.15) is 0 Å². The number of aliphatic imine (C=N–C) groups is 1. The van der Waals surface area contributed by atoms with Crippen LogP contribution in [-0.2, 0) is 9.53 Å². The Hall–Kier alpha value is -0.810. The summed E-state index contributed by atoms with van der Waals surface area (Å²) in [5.74, 6) is -0.216. The van der Waals surface area contributed by atoms with Crippen LogP contribution in [0.1, 0.15) is 13.3 Å². The van der Waals surface area contributed by atoms with Gasteiger partial charge in [-0.1, -0.05) is 0 Å². The maximum atomic E-state index is 11.4. The summed E-state index contributed by atoms with van der Waals surface area (Å²) in [4.78, 5) is 16.7. The van der Waals surface area contributed by atoms with E-state index in [1.54, 1.807) is 18.2 Å². The number of allylic oxidation sites excluding steroid dienone is 1. The van der Waals surface area contributed by atoms with Gasteiger partial charge in [-0.3, -0.25) is 9.71 Å². The highest BCUT2D eigenvalue weighted by atomic mass is 32.2. The molecular weight excluding hydrogens is 200 g/mol. The number of nitrogens with zero attached hydrogens (tertiary/aromatic N) is 1. The number of ether oxygens (including phenoxy) is 1. The maximum absolute atomic E-state index is 11.4. The number of hydrogen-bond donors (Lipinski definition) is 1. The molecule has 1 atom stereocenters. The lowest BCUT2D eigenvalue weighted by Crippen LogP contribution is -2.25. The predicted molar refractivity (Wildman–Crippen MR) is 56.1 cm³/mol. The molecule has 0 amide bonds. The summed E-state index contributed by atoms with van der Waals surface area (Å²) in [5, 5.41) is 0. The zero-order chi connectivity index (χ0) is 9.97. The Morgan fingerprint density at radius 2 is 2.71 bits per heavy atom. The Morgan fingerprint density at radius 3 is 3.50 bits per heavy atom. The third-order valence-electron chi connectivity index (χ3n) is 2.19. The Morgan fingerprint density at radius 1 is 1.86 bits per heavy atom. The number of carbonyl (C=O) groups excluding carboxylic acids is 1. The summed E-state index contributed by atoms with van der Waals surface area (Å²) in [5.41, 5.74) is 1.27. The number of nitrogens with one attached hydrogen (secondary N) is 1. The van der Waals surface area contributed by atoms with Crippen LogP contribution in [0, 0.1) is 0 Å². The molecule has 14 heavy (non-hydrogen) atoms. The molecule has 4 nitrogen and oxygen atoms in total. The molecule has 0 aromatic rings. The highest BCUT2D eigenvalue weighted by Crippen LogP contribution is 2.29. The van der Waals surface area contributed by atoms with E-state index in [9.17, 15) is 4.79 Å². The first-order chi connectivity index (χ1) is 6.81. The SMILES string of the molecule is CCOC(=O)C1CC2=C(C=N1)SNC2. The van der Waals surface area contributed by atoms with Gasteiger partial charge in [-0.15, -0.1) is 0 Å². The molecule has 0 saturated heterocycles. The van der Waals surface area contributed by atoms with Gasteiger partial charge in [0.2, 0.25) is 0 Å². The Bertz CT molecular complexity index is 312. The van der Waals surface area contributed by atoms with Crippen molar-refractivity contribution in [3.8, 4) is 0 Å². The zero-order valence-corrected chi connectivity index (χ0v) is 8.76. The second-order valence-electron chi connectivity index (χ2n) is 3.14. The largest absolute Gasteiger partial charge is 0.464 e. The predicted octanol–water partition coefficient (Wildman–Crippen LogP) is 0.898. The number of rotatable bonds is 2. The minimum atomic E-state index is -0.325. The summed E-state index contributed by atoms with van der Waals surface area (Å²) < 4.78 is 8.08. The molecule has 0 bridgehead atoms. The third-order valence-corrected chi connectivity index (χ3v) is 3.09. The molecule has 2 rings (SSSR count). The van der Waals surface area contributed by atoms with Crippen molar-refractivity contribution in [1.82, 2.24) is 4.72 Å². The first kappa shape index (κ1) is 9.73. The fraction of sp³-hybridized carbons (Fsp3) is 0.556. The molecule has 0 saturated carbocycles. The fourth-order valence-corrected chi connectivity index (χ4v) is 2.29. The average Bonchev–Trinajstić information content (AvgIpc) is 2.64. The van der Waals surface area contributed by atoms with Crippen LogP contribution in [-0.4, -0.2) is 31.4 Å². The molecule has 1 N–H and O–H groups in total. The van der Waals surface area contributed by atoms with E-state index in [1.165, 1.54) is 5.57 Å². The third kappa shape index (κ3) is 1.83. The first-order valence-corrected chi connectivity index (χ1v) is 5.44. The van der Waals surface area contributed by atoms with Crippen LogP contribution in [0.5, 0.6) is 0 Å². The van der Waals surface area contributed by atoms with Gasteiger partial charge in [0.25, 0.3) is 0 Å². The van der Waals surface area contributed by atoms with Gasteiger partial charge in [0.05, 0.1) is 6.61 Å². The van der Waals surface area contributed by atoms with Crippen LogP contribution in [0.3, 0.4) is 0 Å². The van der Waals surface area contributed by atoms with Gasteiger partial charge in [0.15, 0.2) is 6.04 Å². The molecule has 0 aromatic heterocycles. The van der Waals surface area contributed by atoms with Crippen LogP contribution in [0.25, 0.3) is 0 Å². The van der Waals surface area contributed by atoms with Crippen LogP contribution in [0.4, 0.5) is 0 Å². The Kier molecular flexibility index (Phi) is 2.88. The van der Waals surface area contributed by atoms with Crippen molar-refractivity contribution in [2.75, 3.05) is 13.2 Å². The highest BCUT2D eigenvalue weighted by molar-refractivity contribution is 8.02. The van der Waals surface area contributed by atoms with Crippen molar-refractivity contribution in [3.63, 3.8) is 0 Å². The lowest BCUT2D eigenvalue weighted by molar-refractivity contribution is -0.144. The van der Waals surface area contributed by atoms with Crippen molar-refractivity contribution in [2.24, 2.45) is 4.99 Å². The van der Waals surface area contributed by atoms with E-state index in [4.69, 9.17) is 4.74 Å². The van der Waals surface area contributed by atoms with E-state index >= 15 is 0 Å². The second kappa shape index (κ2) is 4.14. The quantitative estimate of drug-likeness (QED) is 0.546. The molecule has 0 fully saturated rings. The van der Waals surface area contributed by atoms with E-state index in [2.05, 4.69) is 9.71 Å². The lowest BCUT2D eigenvalue weighted by Gasteiger charge is -2.15. The Balaban J connectivity index is 2.01. The normalized spacial score (nSPS) is 25.1. The molecular formula is C9H12N2O2S. The van der Waals surface area contributed by atoms with Gasteiger partial charge < -0.3 is 4.74 Å². The maximum Gasteiger partial charge on any atom is 0.331 e. The minimum Gasteiger partial charge on any atom is -0.464 e. The fourth-order valence-electron chi connectivity index (χ4n) is 1.48. The van der Waals surface area contributed by atoms with Crippen molar-refractivity contribution >= 4 is 24.1 Å². The molecule has 0 aliphatic carbocycles. The van der Waals surface area contributed by atoms with Crippen LogP contribution in [0.2, 0.25) is 0 Å². The molecule has 1 unspecified atom stereocenters. The summed E-state index contributed by atoms with van der Waals surface area (Å²) >= 11 is 1.58. The van der Waals surface area contributed by atoms with E-state index in [1.807, 2.05) is 6.92 Å². The zero-order valence-electron chi connectivity index (χ0n) is 7.95. The molecule has 0 aromatic carbocycles. The topological polar surface area (TPSA) is 50.7 Å². The minimum absolute atomic E-state index is 0.216. The van der Waals surface area contributed by atoms with Gasteiger partial charge >= 0.3 is 5.97 Å². The molecule has 76 valence electrons. The number of hydrogen-bond acceptors (Lipinski definition) is 5. The summed E-state index contributed by atoms with van der Waals surface area (Å²) in [7, 11) is 0. The standard InChI is InChI=1S/C9H12N2O2S/c1-2-13-9(12)7-3-6-4-11-14-8(6)5-10-7/h5,7,11H,2-4H2,1H3. The van der Waals surface area contributed by atoms with Crippen molar-refractivity contribution in [1.29, 1.82) is 0 Å². The van der Waals surface area contributed by atoms with Crippen molar-refractivity contribution in [2.45, 2.75) is 19.4 Å². The van der Waals surface area contributed by atoms with Crippen LogP contribution in [0.15, 0.2) is 15.5 Å². The monoisotopic (exact) mass is 212 g/mol. The lowest BCUT2D eigenvalue weighted by atomic mass is 10.0. The van der Waals surface area contributed by atoms with E-state index < -0.39 is 0 Å². The van der Waals surface area contributed by atoms with Crippen LogP contribution >= 0.6 is 11.9 Å². The smallest absolute Gasteiger partial charge is 0.331 e. The second-order valence-corrected chi connectivity index (χ2v) is 4.07. The Labute approximate surface area is 86.9 Å². The molecule has 0 radical (unpaired) electrons. The number of esters is 1. The molecule has 5 heteroatoms. The number of carbonyl (C=O) groups is 1. The van der Waals surface area contributed by atoms with Gasteiger partial charge in [0, 0.05) is 24.1 Å². The summed E-state index contributed by atoms with van der Waals surface area (Å²) in [6.07, 6.45) is 2.47. The van der Waals surface area contributed by atoms with E-state index in [0.29, 0.717) is 13.0 Å². The van der Waals surface area contributed by atoms with Crippen molar-refractivity contribution < 1.29 is 9.53 Å². The highest BCUT2D eigenvalue weighted by Gasteiger charge is 2.27. The molecule has 2 heterocycles. The molecule has 0 spiro atoms. The first-order valence-electron chi connectivity index (χ1n) is 4.62. The van der Waals surface area contributed by atoms with Gasteiger partial charge in [0.1, 0.15) is 0 Å². The van der Waals surface area contributed by atoms with E-state index in [-0.39, 0.29) is 12.0 Å². The van der Waals surface area contributed by atoms with Gasteiger partial charge in [-0.25, -0.2) is 4.79 Å². The molecule has 2 aliphatic rings. The molecule has 2 aliphatic heterocycles.